The SMILES string of the molecule is Cn1nc(C(=O)N2CCN(CCc3ccc(F)cc3)CC2)c2ccccc21. The van der Waals surface area contributed by atoms with Crippen molar-refractivity contribution in [2.75, 3.05) is 32.7 Å². The average molecular weight is 366 g/mol. The zero-order valence-electron chi connectivity index (χ0n) is 15.4. The second kappa shape index (κ2) is 7.48. The van der Waals surface area contributed by atoms with Gasteiger partial charge < -0.3 is 4.90 Å². The van der Waals surface area contributed by atoms with E-state index in [9.17, 15) is 9.18 Å². The summed E-state index contributed by atoms with van der Waals surface area (Å²) in [5.74, 6) is -0.196. The van der Waals surface area contributed by atoms with Gasteiger partial charge in [-0.15, -0.1) is 0 Å². The Morgan fingerprint density at radius 3 is 2.48 bits per heavy atom. The van der Waals surface area contributed by atoms with Crippen LogP contribution >= 0.6 is 0 Å². The minimum atomic E-state index is -0.201. The van der Waals surface area contributed by atoms with E-state index in [4.69, 9.17) is 0 Å². The highest BCUT2D eigenvalue weighted by molar-refractivity contribution is 6.04. The monoisotopic (exact) mass is 366 g/mol. The van der Waals surface area contributed by atoms with E-state index in [0.717, 1.165) is 42.5 Å². The standard InChI is InChI=1S/C21H23FN4O/c1-24-19-5-3-2-4-18(19)20(23-24)21(27)26-14-12-25(13-15-26)11-10-16-6-8-17(22)9-7-16/h2-9H,10-15H2,1H3. The molecule has 2 aromatic carbocycles. The van der Waals surface area contributed by atoms with Crippen LogP contribution in [0.4, 0.5) is 4.39 Å². The molecule has 1 aromatic heterocycles. The summed E-state index contributed by atoms with van der Waals surface area (Å²) >= 11 is 0. The molecule has 1 fully saturated rings. The maximum absolute atomic E-state index is 13.0. The highest BCUT2D eigenvalue weighted by atomic mass is 19.1. The number of nitrogens with zero attached hydrogens (tertiary/aromatic N) is 4. The molecular formula is C21H23FN4O. The van der Waals surface area contributed by atoms with Crippen LogP contribution in [0.2, 0.25) is 0 Å². The number of halogens is 1. The first-order chi connectivity index (χ1) is 13.1. The number of aromatic nitrogens is 2. The average Bonchev–Trinajstić information content (AvgIpc) is 3.04. The lowest BCUT2D eigenvalue weighted by Gasteiger charge is -2.34. The Labute approximate surface area is 158 Å². The van der Waals surface area contributed by atoms with Crippen molar-refractivity contribution >= 4 is 16.8 Å². The van der Waals surface area contributed by atoms with Crippen molar-refractivity contribution in [2.24, 2.45) is 7.05 Å². The quantitative estimate of drug-likeness (QED) is 0.713. The van der Waals surface area contributed by atoms with E-state index in [1.807, 2.05) is 48.3 Å². The summed E-state index contributed by atoms with van der Waals surface area (Å²) < 4.78 is 14.8. The van der Waals surface area contributed by atoms with Crippen LogP contribution < -0.4 is 0 Å². The maximum atomic E-state index is 13.0. The van der Waals surface area contributed by atoms with Gasteiger partial charge in [0.25, 0.3) is 5.91 Å². The minimum absolute atomic E-state index is 0.00462. The van der Waals surface area contributed by atoms with Crippen LogP contribution in [0.1, 0.15) is 16.1 Å². The van der Waals surface area contributed by atoms with Gasteiger partial charge in [-0.1, -0.05) is 30.3 Å². The molecule has 0 radical (unpaired) electrons. The minimum Gasteiger partial charge on any atom is -0.335 e. The number of para-hydroxylation sites is 1. The van der Waals surface area contributed by atoms with Crippen molar-refractivity contribution in [1.82, 2.24) is 19.6 Å². The summed E-state index contributed by atoms with van der Waals surface area (Å²) in [6.07, 6.45) is 0.888. The fraction of sp³-hybridized carbons (Fsp3) is 0.333. The van der Waals surface area contributed by atoms with Gasteiger partial charge in [0.15, 0.2) is 5.69 Å². The van der Waals surface area contributed by atoms with Gasteiger partial charge in [0.2, 0.25) is 0 Å². The molecule has 0 saturated carbocycles. The van der Waals surface area contributed by atoms with Gasteiger partial charge in [-0.05, 0) is 30.2 Å². The third-order valence-corrected chi connectivity index (χ3v) is 5.25. The number of fused-ring (bicyclic) bond motifs is 1. The number of rotatable bonds is 4. The number of carbonyl (C=O) groups is 1. The van der Waals surface area contributed by atoms with Gasteiger partial charge in [0.05, 0.1) is 5.52 Å². The lowest BCUT2D eigenvalue weighted by atomic mass is 10.1. The largest absolute Gasteiger partial charge is 0.335 e. The zero-order valence-corrected chi connectivity index (χ0v) is 15.4. The van der Waals surface area contributed by atoms with Crippen LogP contribution in [0.25, 0.3) is 10.9 Å². The Kier molecular flexibility index (Phi) is 4.90. The van der Waals surface area contributed by atoms with E-state index in [-0.39, 0.29) is 11.7 Å². The van der Waals surface area contributed by atoms with Crippen molar-refractivity contribution in [2.45, 2.75) is 6.42 Å². The summed E-state index contributed by atoms with van der Waals surface area (Å²) in [4.78, 5) is 17.2. The zero-order chi connectivity index (χ0) is 18.8. The van der Waals surface area contributed by atoms with E-state index >= 15 is 0 Å². The number of hydrogen-bond acceptors (Lipinski definition) is 3. The molecule has 0 unspecified atom stereocenters. The van der Waals surface area contributed by atoms with Gasteiger partial charge in [-0.3, -0.25) is 14.4 Å². The predicted molar refractivity (Wildman–Crippen MR) is 103 cm³/mol. The Morgan fingerprint density at radius 2 is 1.74 bits per heavy atom. The van der Waals surface area contributed by atoms with E-state index < -0.39 is 0 Å². The lowest BCUT2D eigenvalue weighted by Crippen LogP contribution is -2.49. The first-order valence-electron chi connectivity index (χ1n) is 9.29. The molecule has 0 spiro atoms. The van der Waals surface area contributed by atoms with Crippen molar-refractivity contribution in [3.8, 4) is 0 Å². The number of hydrogen-bond donors (Lipinski definition) is 0. The molecule has 27 heavy (non-hydrogen) atoms. The number of benzene rings is 2. The fourth-order valence-corrected chi connectivity index (χ4v) is 3.63. The lowest BCUT2D eigenvalue weighted by molar-refractivity contribution is 0.0634. The smallest absolute Gasteiger partial charge is 0.275 e. The van der Waals surface area contributed by atoms with E-state index in [2.05, 4.69) is 10.00 Å². The highest BCUT2D eigenvalue weighted by Gasteiger charge is 2.25. The predicted octanol–water partition coefficient (Wildman–Crippen LogP) is 2.71. The molecule has 1 aliphatic heterocycles. The molecule has 0 N–H and O–H groups in total. The third-order valence-electron chi connectivity index (χ3n) is 5.25. The van der Waals surface area contributed by atoms with Crippen LogP contribution in [0.5, 0.6) is 0 Å². The molecule has 140 valence electrons. The Hall–Kier alpha value is -2.73. The molecule has 1 saturated heterocycles. The fourth-order valence-electron chi connectivity index (χ4n) is 3.63. The third kappa shape index (κ3) is 3.71. The van der Waals surface area contributed by atoms with Crippen LogP contribution in [0.3, 0.4) is 0 Å². The van der Waals surface area contributed by atoms with Crippen molar-refractivity contribution in [1.29, 1.82) is 0 Å². The molecule has 0 bridgehead atoms. The van der Waals surface area contributed by atoms with Gasteiger partial charge in [-0.25, -0.2) is 4.39 Å². The van der Waals surface area contributed by atoms with Crippen LogP contribution in [0.15, 0.2) is 48.5 Å². The topological polar surface area (TPSA) is 41.4 Å². The number of carbonyl (C=O) groups excluding carboxylic acids is 1. The van der Waals surface area contributed by atoms with E-state index in [1.54, 1.807) is 4.68 Å². The van der Waals surface area contributed by atoms with Gasteiger partial charge in [-0.2, -0.15) is 5.10 Å². The molecule has 3 aromatic rings. The van der Waals surface area contributed by atoms with E-state index in [1.165, 1.54) is 12.1 Å². The maximum Gasteiger partial charge on any atom is 0.275 e. The molecule has 0 aliphatic carbocycles. The Balaban J connectivity index is 1.36. The summed E-state index contributed by atoms with van der Waals surface area (Å²) in [5.41, 5.74) is 2.64. The molecule has 1 aliphatic rings. The highest BCUT2D eigenvalue weighted by Crippen LogP contribution is 2.19. The van der Waals surface area contributed by atoms with Crippen molar-refractivity contribution < 1.29 is 9.18 Å². The molecule has 1 amide bonds. The second-order valence-electron chi connectivity index (χ2n) is 7.00. The summed E-state index contributed by atoms with van der Waals surface area (Å²) in [6, 6.07) is 14.5. The molecule has 5 nitrogen and oxygen atoms in total. The first kappa shape index (κ1) is 17.7. The summed E-state index contributed by atoms with van der Waals surface area (Å²) in [6.45, 7) is 4.01. The van der Waals surface area contributed by atoms with E-state index in [0.29, 0.717) is 18.8 Å². The van der Waals surface area contributed by atoms with Gasteiger partial charge >= 0.3 is 0 Å². The van der Waals surface area contributed by atoms with Crippen LogP contribution in [0, 0.1) is 5.82 Å². The molecule has 2 heterocycles. The van der Waals surface area contributed by atoms with Gasteiger partial charge in [0, 0.05) is 45.2 Å². The van der Waals surface area contributed by atoms with Gasteiger partial charge in [0.1, 0.15) is 5.82 Å². The normalized spacial score (nSPS) is 15.4. The Bertz CT molecular complexity index is 942. The molecule has 0 atom stereocenters. The first-order valence-corrected chi connectivity index (χ1v) is 9.29. The second-order valence-corrected chi connectivity index (χ2v) is 7.00. The van der Waals surface area contributed by atoms with Crippen LogP contribution in [-0.4, -0.2) is 58.2 Å². The molecule has 6 heteroatoms. The Morgan fingerprint density at radius 1 is 1.04 bits per heavy atom. The number of piperazine rings is 1. The molecule has 4 rings (SSSR count). The number of aryl methyl sites for hydroxylation is 1. The summed E-state index contributed by atoms with van der Waals surface area (Å²) in [5, 5.41) is 5.35. The van der Waals surface area contributed by atoms with Crippen molar-refractivity contribution in [3.05, 3.63) is 65.6 Å². The van der Waals surface area contributed by atoms with Crippen molar-refractivity contribution in [3.63, 3.8) is 0 Å². The molecular weight excluding hydrogens is 343 g/mol. The number of amides is 1. The van der Waals surface area contributed by atoms with Crippen LogP contribution in [-0.2, 0) is 13.5 Å². The summed E-state index contributed by atoms with van der Waals surface area (Å²) in [7, 11) is 1.87.